The van der Waals surface area contributed by atoms with Gasteiger partial charge in [0, 0.05) is 19.9 Å². The molecule has 1 aromatic heterocycles. The van der Waals surface area contributed by atoms with Gasteiger partial charge in [0.25, 0.3) is 0 Å². The maximum absolute atomic E-state index is 10.8. The van der Waals surface area contributed by atoms with E-state index in [4.69, 9.17) is 16.3 Å². The zero-order valence-electron chi connectivity index (χ0n) is 10.5. The van der Waals surface area contributed by atoms with Gasteiger partial charge < -0.3 is 9.84 Å². The molecule has 17 heavy (non-hydrogen) atoms. The molecule has 0 bridgehead atoms. The molecule has 0 aromatic carbocycles. The van der Waals surface area contributed by atoms with Gasteiger partial charge in [-0.2, -0.15) is 5.10 Å². The standard InChI is InChI=1S/C12H19ClN2O2/c1-4-11(2)8-12(16,5-6-17-11)10-9(13)7-14-15(10)3/h7,16H,4-6,8H2,1-3H3. The highest BCUT2D eigenvalue weighted by Crippen LogP contribution is 2.42. The third-order valence-electron chi connectivity index (χ3n) is 3.72. The van der Waals surface area contributed by atoms with Crippen LogP contribution < -0.4 is 0 Å². The van der Waals surface area contributed by atoms with E-state index in [0.29, 0.717) is 30.2 Å². The maximum atomic E-state index is 10.8. The Morgan fingerprint density at radius 3 is 2.88 bits per heavy atom. The van der Waals surface area contributed by atoms with Crippen molar-refractivity contribution in [1.82, 2.24) is 9.78 Å². The van der Waals surface area contributed by atoms with E-state index in [1.54, 1.807) is 17.9 Å². The molecule has 0 amide bonds. The molecule has 0 spiro atoms. The van der Waals surface area contributed by atoms with Crippen molar-refractivity contribution in [3.05, 3.63) is 16.9 Å². The van der Waals surface area contributed by atoms with E-state index >= 15 is 0 Å². The molecular weight excluding hydrogens is 240 g/mol. The number of hydrogen-bond acceptors (Lipinski definition) is 3. The first-order valence-corrected chi connectivity index (χ1v) is 6.32. The highest BCUT2D eigenvalue weighted by atomic mass is 35.5. The molecule has 0 radical (unpaired) electrons. The van der Waals surface area contributed by atoms with Crippen molar-refractivity contribution in [2.45, 2.75) is 44.3 Å². The molecule has 2 rings (SSSR count). The molecular formula is C12H19ClN2O2. The van der Waals surface area contributed by atoms with Crippen LogP contribution >= 0.6 is 11.6 Å². The monoisotopic (exact) mass is 258 g/mol. The highest BCUT2D eigenvalue weighted by Gasteiger charge is 2.44. The van der Waals surface area contributed by atoms with Crippen molar-refractivity contribution in [3.63, 3.8) is 0 Å². The van der Waals surface area contributed by atoms with E-state index in [0.717, 1.165) is 6.42 Å². The van der Waals surface area contributed by atoms with Gasteiger partial charge in [-0.3, -0.25) is 4.68 Å². The fourth-order valence-corrected chi connectivity index (χ4v) is 2.93. The minimum Gasteiger partial charge on any atom is -0.383 e. The normalized spacial score (nSPS) is 33.9. The number of aryl methyl sites for hydroxylation is 1. The van der Waals surface area contributed by atoms with Crippen molar-refractivity contribution in [1.29, 1.82) is 0 Å². The van der Waals surface area contributed by atoms with E-state index in [2.05, 4.69) is 12.0 Å². The molecule has 2 unspecified atom stereocenters. The van der Waals surface area contributed by atoms with Crippen LogP contribution in [0.5, 0.6) is 0 Å². The Hall–Kier alpha value is -0.580. The number of rotatable bonds is 2. The summed E-state index contributed by atoms with van der Waals surface area (Å²) in [5, 5.41) is 15.5. The largest absolute Gasteiger partial charge is 0.383 e. The number of nitrogens with zero attached hydrogens (tertiary/aromatic N) is 2. The fraction of sp³-hybridized carbons (Fsp3) is 0.750. The topological polar surface area (TPSA) is 47.3 Å². The van der Waals surface area contributed by atoms with Crippen molar-refractivity contribution >= 4 is 11.6 Å². The molecule has 1 aromatic rings. The van der Waals surface area contributed by atoms with Gasteiger partial charge in [-0.25, -0.2) is 0 Å². The van der Waals surface area contributed by atoms with Gasteiger partial charge in [-0.15, -0.1) is 0 Å². The minimum atomic E-state index is -0.939. The average Bonchev–Trinajstić information content (AvgIpc) is 2.59. The molecule has 4 nitrogen and oxygen atoms in total. The van der Waals surface area contributed by atoms with Crippen molar-refractivity contribution in [2.75, 3.05) is 6.61 Å². The van der Waals surface area contributed by atoms with Crippen LogP contribution in [-0.4, -0.2) is 27.1 Å². The predicted octanol–water partition coefficient (Wildman–Crippen LogP) is 2.24. The Balaban J connectivity index is 2.36. The Morgan fingerprint density at radius 2 is 2.35 bits per heavy atom. The van der Waals surface area contributed by atoms with E-state index in [9.17, 15) is 5.11 Å². The van der Waals surface area contributed by atoms with E-state index < -0.39 is 5.60 Å². The van der Waals surface area contributed by atoms with E-state index in [-0.39, 0.29) is 5.60 Å². The van der Waals surface area contributed by atoms with Crippen LogP contribution in [0.1, 0.15) is 38.8 Å². The van der Waals surface area contributed by atoms with Crippen molar-refractivity contribution < 1.29 is 9.84 Å². The summed E-state index contributed by atoms with van der Waals surface area (Å²) in [6.45, 7) is 4.64. The zero-order valence-corrected chi connectivity index (χ0v) is 11.3. The SMILES string of the molecule is CCC1(C)CC(O)(c2c(Cl)cnn2C)CCO1. The van der Waals surface area contributed by atoms with Gasteiger partial charge >= 0.3 is 0 Å². The fourth-order valence-electron chi connectivity index (χ4n) is 2.59. The first kappa shape index (κ1) is 12.9. The average molecular weight is 259 g/mol. The van der Waals surface area contributed by atoms with Crippen LogP contribution in [0, 0.1) is 0 Å². The molecule has 1 fully saturated rings. The van der Waals surface area contributed by atoms with Gasteiger partial charge in [0.15, 0.2) is 0 Å². The second-order valence-electron chi connectivity index (χ2n) is 5.08. The number of aromatic nitrogens is 2. The molecule has 2 atom stereocenters. The Labute approximate surface area is 107 Å². The maximum Gasteiger partial charge on any atom is 0.113 e. The molecule has 2 heterocycles. The summed E-state index contributed by atoms with van der Waals surface area (Å²) in [5.41, 5.74) is -0.534. The van der Waals surface area contributed by atoms with Gasteiger partial charge in [0.1, 0.15) is 5.60 Å². The molecule has 1 aliphatic heterocycles. The van der Waals surface area contributed by atoms with Crippen molar-refractivity contribution in [3.8, 4) is 0 Å². The Morgan fingerprint density at radius 1 is 1.65 bits per heavy atom. The number of hydrogen-bond donors (Lipinski definition) is 1. The molecule has 5 heteroatoms. The summed E-state index contributed by atoms with van der Waals surface area (Å²) in [5.74, 6) is 0. The Kier molecular flexibility index (Phi) is 3.23. The summed E-state index contributed by atoms with van der Waals surface area (Å²) in [6, 6.07) is 0. The van der Waals surface area contributed by atoms with Crippen LogP contribution in [0.3, 0.4) is 0 Å². The summed E-state index contributed by atoms with van der Waals surface area (Å²) in [6.07, 6.45) is 3.55. The van der Waals surface area contributed by atoms with Crippen LogP contribution in [0.15, 0.2) is 6.20 Å². The van der Waals surface area contributed by atoms with Crippen LogP contribution in [0.4, 0.5) is 0 Å². The van der Waals surface area contributed by atoms with E-state index in [1.807, 2.05) is 6.92 Å². The second kappa shape index (κ2) is 4.26. The Bertz CT molecular complexity index is 401. The number of ether oxygens (including phenoxy) is 1. The molecule has 0 aliphatic carbocycles. The van der Waals surface area contributed by atoms with Gasteiger partial charge in [0.2, 0.25) is 0 Å². The quantitative estimate of drug-likeness (QED) is 0.885. The van der Waals surface area contributed by atoms with Crippen LogP contribution in [0.25, 0.3) is 0 Å². The third-order valence-corrected chi connectivity index (χ3v) is 3.99. The van der Waals surface area contributed by atoms with E-state index in [1.165, 1.54) is 0 Å². The smallest absolute Gasteiger partial charge is 0.113 e. The summed E-state index contributed by atoms with van der Waals surface area (Å²) >= 11 is 6.12. The molecule has 0 saturated carbocycles. The van der Waals surface area contributed by atoms with Crippen LogP contribution in [0.2, 0.25) is 5.02 Å². The minimum absolute atomic E-state index is 0.291. The predicted molar refractivity (Wildman–Crippen MR) is 66.0 cm³/mol. The van der Waals surface area contributed by atoms with Gasteiger partial charge in [-0.1, -0.05) is 18.5 Å². The lowest BCUT2D eigenvalue weighted by Gasteiger charge is -2.43. The first-order chi connectivity index (χ1) is 7.90. The molecule has 1 saturated heterocycles. The van der Waals surface area contributed by atoms with Gasteiger partial charge in [-0.05, 0) is 13.3 Å². The molecule has 96 valence electrons. The lowest BCUT2D eigenvalue weighted by Crippen LogP contribution is -2.46. The number of aliphatic hydroxyl groups is 1. The van der Waals surface area contributed by atoms with Crippen molar-refractivity contribution in [2.24, 2.45) is 7.05 Å². The van der Waals surface area contributed by atoms with Crippen LogP contribution in [-0.2, 0) is 17.4 Å². The summed E-state index contributed by atoms with van der Waals surface area (Å²) in [4.78, 5) is 0. The zero-order chi connectivity index (χ0) is 12.7. The first-order valence-electron chi connectivity index (χ1n) is 5.94. The molecule has 1 N–H and O–H groups in total. The second-order valence-corrected chi connectivity index (χ2v) is 5.48. The lowest BCUT2D eigenvalue weighted by molar-refractivity contribution is -0.160. The third kappa shape index (κ3) is 2.21. The highest BCUT2D eigenvalue weighted by molar-refractivity contribution is 6.31. The summed E-state index contributed by atoms with van der Waals surface area (Å²) in [7, 11) is 1.80. The van der Waals surface area contributed by atoms with Gasteiger partial charge in [0.05, 0.1) is 29.1 Å². The number of halogens is 1. The lowest BCUT2D eigenvalue weighted by atomic mass is 9.80. The molecule has 1 aliphatic rings. The summed E-state index contributed by atoms with van der Waals surface area (Å²) < 4.78 is 7.41.